The summed E-state index contributed by atoms with van der Waals surface area (Å²) in [5.74, 6) is 2.12. The zero-order valence-electron chi connectivity index (χ0n) is 17.6. The first-order chi connectivity index (χ1) is 12.2. The summed E-state index contributed by atoms with van der Waals surface area (Å²) in [5, 5.41) is 5.96. The van der Waals surface area contributed by atoms with E-state index in [4.69, 9.17) is 9.47 Å². The van der Waals surface area contributed by atoms with Crippen LogP contribution in [0.1, 0.15) is 25.0 Å². The molecule has 0 fully saturated rings. The third kappa shape index (κ3) is 6.75. The zero-order valence-corrected chi connectivity index (χ0v) is 19.9. The molecular weight excluding hydrogens is 459 g/mol. The van der Waals surface area contributed by atoms with Crippen molar-refractivity contribution in [3.63, 3.8) is 0 Å². The van der Waals surface area contributed by atoms with E-state index >= 15 is 0 Å². The Morgan fingerprint density at radius 2 is 1.78 bits per heavy atom. The number of nitrogens with one attached hydrogen (secondary N) is 2. The normalized spacial score (nSPS) is 11.3. The van der Waals surface area contributed by atoms with Crippen LogP contribution >= 0.6 is 24.0 Å². The first kappa shape index (κ1) is 25.3. The lowest BCUT2D eigenvalue weighted by Crippen LogP contribution is -2.47. The smallest absolute Gasteiger partial charge is 0.227 e. The molecule has 0 atom stereocenters. The highest BCUT2D eigenvalue weighted by Gasteiger charge is 2.27. The molecule has 1 amide bonds. The SMILES string of the molecule is CN=C(NCC(C)(C)C(=O)NC)N(C)Cc1cc(OC)c(OC)cc1C.I. The minimum atomic E-state index is -0.537. The summed E-state index contributed by atoms with van der Waals surface area (Å²) in [5.41, 5.74) is 1.68. The number of guanidine groups is 1. The second-order valence-electron chi connectivity index (χ2n) is 6.85. The molecule has 0 aliphatic carbocycles. The molecule has 0 heterocycles. The monoisotopic (exact) mass is 492 g/mol. The van der Waals surface area contributed by atoms with Crippen LogP contribution < -0.4 is 20.1 Å². The van der Waals surface area contributed by atoms with Crippen LogP contribution in [0.15, 0.2) is 17.1 Å². The molecule has 0 saturated carbocycles. The molecule has 0 aromatic heterocycles. The van der Waals surface area contributed by atoms with E-state index in [0.29, 0.717) is 24.6 Å². The Morgan fingerprint density at radius 1 is 1.22 bits per heavy atom. The van der Waals surface area contributed by atoms with Crippen LogP contribution in [0.5, 0.6) is 11.5 Å². The fourth-order valence-electron chi connectivity index (χ4n) is 2.63. The number of hydrogen-bond donors (Lipinski definition) is 2. The molecule has 0 bridgehead atoms. The average Bonchev–Trinajstić information content (AvgIpc) is 2.62. The van der Waals surface area contributed by atoms with Gasteiger partial charge >= 0.3 is 0 Å². The number of methoxy groups -OCH3 is 2. The van der Waals surface area contributed by atoms with E-state index in [1.54, 1.807) is 28.3 Å². The lowest BCUT2D eigenvalue weighted by Gasteiger charge is -2.28. The number of benzene rings is 1. The van der Waals surface area contributed by atoms with E-state index in [-0.39, 0.29) is 29.9 Å². The van der Waals surface area contributed by atoms with Crippen LogP contribution in [0.4, 0.5) is 0 Å². The third-order valence-corrected chi connectivity index (χ3v) is 4.35. The molecule has 7 nitrogen and oxygen atoms in total. The second kappa shape index (κ2) is 11.2. The van der Waals surface area contributed by atoms with Crippen molar-refractivity contribution in [2.45, 2.75) is 27.3 Å². The summed E-state index contributed by atoms with van der Waals surface area (Å²) in [7, 11) is 8.58. The molecule has 0 saturated heterocycles. The predicted molar refractivity (Wildman–Crippen MR) is 120 cm³/mol. The summed E-state index contributed by atoms with van der Waals surface area (Å²) >= 11 is 0. The molecule has 27 heavy (non-hydrogen) atoms. The molecule has 154 valence electrons. The number of hydrogen-bond acceptors (Lipinski definition) is 4. The van der Waals surface area contributed by atoms with Gasteiger partial charge in [-0.3, -0.25) is 9.79 Å². The van der Waals surface area contributed by atoms with Crippen LogP contribution in [0.25, 0.3) is 0 Å². The first-order valence-electron chi connectivity index (χ1n) is 8.55. The zero-order chi connectivity index (χ0) is 19.9. The molecule has 0 aliphatic heterocycles. The Kier molecular flexibility index (Phi) is 10.5. The maximum Gasteiger partial charge on any atom is 0.227 e. The number of rotatable bonds is 7. The number of aliphatic imine (C=N–C) groups is 1. The van der Waals surface area contributed by atoms with E-state index in [1.807, 2.05) is 44.9 Å². The van der Waals surface area contributed by atoms with Gasteiger partial charge in [-0.1, -0.05) is 0 Å². The van der Waals surface area contributed by atoms with Gasteiger partial charge in [-0.2, -0.15) is 0 Å². The van der Waals surface area contributed by atoms with Gasteiger partial charge in [0, 0.05) is 34.2 Å². The van der Waals surface area contributed by atoms with Crippen molar-refractivity contribution in [3.8, 4) is 11.5 Å². The molecule has 0 radical (unpaired) electrons. The van der Waals surface area contributed by atoms with Crippen molar-refractivity contribution in [2.24, 2.45) is 10.4 Å². The number of nitrogens with zero attached hydrogens (tertiary/aromatic N) is 2. The molecule has 1 aromatic rings. The lowest BCUT2D eigenvalue weighted by atomic mass is 9.92. The largest absolute Gasteiger partial charge is 0.493 e. The summed E-state index contributed by atoms with van der Waals surface area (Å²) in [4.78, 5) is 18.3. The van der Waals surface area contributed by atoms with E-state index in [2.05, 4.69) is 15.6 Å². The number of carbonyl (C=O) groups is 1. The van der Waals surface area contributed by atoms with Crippen molar-refractivity contribution in [1.82, 2.24) is 15.5 Å². The standard InChI is InChI=1S/C19H32N4O3.HI/c1-13-9-15(25-7)16(26-8)10-14(13)11-23(6)18(21-5)22-12-19(2,3)17(24)20-4;/h9-10H,11-12H2,1-8H3,(H,20,24)(H,21,22);1H. The van der Waals surface area contributed by atoms with Crippen LogP contribution in [-0.4, -0.2) is 58.7 Å². The maximum absolute atomic E-state index is 11.9. The van der Waals surface area contributed by atoms with Gasteiger partial charge in [0.2, 0.25) is 5.91 Å². The van der Waals surface area contributed by atoms with Crippen molar-refractivity contribution in [3.05, 3.63) is 23.3 Å². The topological polar surface area (TPSA) is 75.2 Å². The summed E-state index contributed by atoms with van der Waals surface area (Å²) in [6, 6.07) is 3.94. The fraction of sp³-hybridized carbons (Fsp3) is 0.579. The van der Waals surface area contributed by atoms with Crippen LogP contribution in [0.3, 0.4) is 0 Å². The Labute approximate surface area is 179 Å². The minimum absolute atomic E-state index is 0. The first-order valence-corrected chi connectivity index (χ1v) is 8.55. The Bertz CT molecular complexity index is 663. The molecule has 0 unspecified atom stereocenters. The van der Waals surface area contributed by atoms with Crippen molar-refractivity contribution < 1.29 is 14.3 Å². The highest BCUT2D eigenvalue weighted by Crippen LogP contribution is 2.30. The summed E-state index contributed by atoms with van der Waals surface area (Å²) in [6.07, 6.45) is 0. The lowest BCUT2D eigenvalue weighted by molar-refractivity contribution is -0.128. The van der Waals surface area contributed by atoms with Crippen LogP contribution in [-0.2, 0) is 11.3 Å². The van der Waals surface area contributed by atoms with E-state index in [0.717, 1.165) is 17.1 Å². The predicted octanol–water partition coefficient (Wildman–Crippen LogP) is 2.41. The average molecular weight is 492 g/mol. The number of aryl methyl sites for hydroxylation is 1. The van der Waals surface area contributed by atoms with Gasteiger partial charge in [0.15, 0.2) is 17.5 Å². The van der Waals surface area contributed by atoms with E-state index < -0.39 is 5.41 Å². The summed E-state index contributed by atoms with van der Waals surface area (Å²) < 4.78 is 10.7. The van der Waals surface area contributed by atoms with Gasteiger partial charge in [0.05, 0.1) is 19.6 Å². The van der Waals surface area contributed by atoms with Crippen LogP contribution in [0, 0.1) is 12.3 Å². The van der Waals surface area contributed by atoms with Crippen molar-refractivity contribution in [1.29, 1.82) is 0 Å². The van der Waals surface area contributed by atoms with Gasteiger partial charge in [-0.15, -0.1) is 24.0 Å². The molecule has 1 rings (SSSR count). The van der Waals surface area contributed by atoms with Gasteiger partial charge in [-0.05, 0) is 44.0 Å². The molecular formula is C19H33IN4O3. The number of ether oxygens (including phenoxy) is 2. The van der Waals surface area contributed by atoms with Crippen molar-refractivity contribution in [2.75, 3.05) is 41.9 Å². The molecule has 2 N–H and O–H groups in total. The Hall–Kier alpha value is -1.71. The second-order valence-corrected chi connectivity index (χ2v) is 6.85. The van der Waals surface area contributed by atoms with Gasteiger partial charge < -0.3 is 25.0 Å². The number of halogens is 1. The van der Waals surface area contributed by atoms with E-state index in [9.17, 15) is 4.79 Å². The van der Waals surface area contributed by atoms with E-state index in [1.165, 1.54) is 0 Å². The third-order valence-electron chi connectivity index (χ3n) is 4.35. The van der Waals surface area contributed by atoms with Crippen LogP contribution in [0.2, 0.25) is 0 Å². The molecule has 0 spiro atoms. The van der Waals surface area contributed by atoms with Gasteiger partial charge in [-0.25, -0.2) is 0 Å². The van der Waals surface area contributed by atoms with Gasteiger partial charge in [0.1, 0.15) is 0 Å². The molecule has 1 aromatic carbocycles. The Balaban J connectivity index is 0.00000676. The number of carbonyl (C=O) groups excluding carboxylic acids is 1. The number of amides is 1. The maximum atomic E-state index is 11.9. The molecule has 0 aliphatic rings. The highest BCUT2D eigenvalue weighted by molar-refractivity contribution is 14.0. The minimum Gasteiger partial charge on any atom is -0.493 e. The fourth-order valence-corrected chi connectivity index (χ4v) is 2.63. The summed E-state index contributed by atoms with van der Waals surface area (Å²) in [6.45, 7) is 6.95. The Morgan fingerprint density at radius 3 is 2.26 bits per heavy atom. The van der Waals surface area contributed by atoms with Crippen molar-refractivity contribution >= 4 is 35.8 Å². The quantitative estimate of drug-likeness (QED) is 0.348. The van der Waals surface area contributed by atoms with Gasteiger partial charge in [0.25, 0.3) is 0 Å². The highest BCUT2D eigenvalue weighted by atomic mass is 127. The molecule has 8 heteroatoms.